The summed E-state index contributed by atoms with van der Waals surface area (Å²) in [6.07, 6.45) is 12.6. The van der Waals surface area contributed by atoms with E-state index in [0.717, 1.165) is 30.4 Å². The molecule has 38 heavy (non-hydrogen) atoms. The fourth-order valence-corrected chi connectivity index (χ4v) is 5.92. The number of hydrogen-bond donors (Lipinski definition) is 1. The molecule has 1 N–H and O–H groups in total. The Bertz CT molecular complexity index is 1420. The molecule has 200 valence electrons. The second-order valence-electron chi connectivity index (χ2n) is 9.98. The number of rotatable bonds is 14. The molecule has 0 radical (unpaired) electrons. The Morgan fingerprint density at radius 3 is 1.66 bits per heavy atom. The molecule has 0 amide bonds. The van der Waals surface area contributed by atoms with Gasteiger partial charge in [-0.1, -0.05) is 131 Å². The monoisotopic (exact) mass is 530 g/mol. The highest BCUT2D eigenvalue weighted by molar-refractivity contribution is 7.86. The van der Waals surface area contributed by atoms with E-state index in [1.54, 1.807) is 6.07 Å². The Morgan fingerprint density at radius 2 is 1.13 bits per heavy atom. The van der Waals surface area contributed by atoms with Crippen molar-refractivity contribution in [2.45, 2.75) is 82.4 Å². The van der Waals surface area contributed by atoms with Crippen molar-refractivity contribution < 1.29 is 13.0 Å². The van der Waals surface area contributed by atoms with Crippen LogP contribution in [0.1, 0.15) is 76.7 Å². The van der Waals surface area contributed by atoms with Gasteiger partial charge < -0.3 is 0 Å². The molecule has 4 aromatic rings. The molecule has 1 aromatic heterocycles. The van der Waals surface area contributed by atoms with E-state index in [9.17, 15) is 13.0 Å². The molecule has 0 unspecified atom stereocenters. The molecule has 0 aliphatic carbocycles. The van der Waals surface area contributed by atoms with Gasteiger partial charge in [0.25, 0.3) is 10.1 Å². The number of aryl methyl sites for hydroxylation is 1. The van der Waals surface area contributed by atoms with Gasteiger partial charge in [-0.3, -0.25) is 4.55 Å². The molecular weight excluding hydrogens is 492 g/mol. The van der Waals surface area contributed by atoms with Gasteiger partial charge in [0.15, 0.2) is 0 Å². The zero-order valence-corrected chi connectivity index (χ0v) is 23.1. The van der Waals surface area contributed by atoms with E-state index in [1.807, 2.05) is 66.7 Å². The van der Waals surface area contributed by atoms with Gasteiger partial charge in [0.1, 0.15) is 10.4 Å². The van der Waals surface area contributed by atoms with Crippen LogP contribution < -0.4 is 0 Å². The van der Waals surface area contributed by atoms with Gasteiger partial charge >= 0.3 is 0 Å². The highest BCUT2D eigenvalue weighted by Crippen LogP contribution is 2.34. The third kappa shape index (κ3) is 7.27. The van der Waals surface area contributed by atoms with E-state index < -0.39 is 10.1 Å². The molecule has 5 nitrogen and oxygen atoms in total. The Hall–Kier alpha value is -3.09. The van der Waals surface area contributed by atoms with Crippen LogP contribution in [0.2, 0.25) is 0 Å². The van der Waals surface area contributed by atoms with E-state index in [0.29, 0.717) is 28.9 Å². The number of unbranched alkanes of at least 4 members (excludes halogenated alkanes) is 9. The maximum Gasteiger partial charge on any atom is 0.297 e. The van der Waals surface area contributed by atoms with Crippen LogP contribution in [0, 0.1) is 0 Å². The van der Waals surface area contributed by atoms with E-state index >= 15 is 0 Å². The number of benzene rings is 3. The topological polar surface area (TPSA) is 80.2 Å². The molecule has 1 heterocycles. The third-order valence-corrected chi connectivity index (χ3v) is 8.00. The predicted molar refractivity (Wildman–Crippen MR) is 156 cm³/mol. The number of fused-ring (bicyclic) bond motifs is 1. The lowest BCUT2D eigenvalue weighted by atomic mass is 10.0. The fourth-order valence-electron chi connectivity index (χ4n) is 5.02. The standard InChI is InChI=1S/C32H38N2O3S/c1-2-3-4-5-6-7-8-9-10-13-22-27-23-24-28-31(32(27)38(35,36)37)34-30(26-20-16-12-17-21-26)29(33-28)25-18-14-11-15-19-25/h11-12,14-21,23-24H,2-10,13,22H2,1H3,(H,35,36,37). The zero-order valence-electron chi connectivity index (χ0n) is 22.3. The van der Waals surface area contributed by atoms with Gasteiger partial charge in [-0.15, -0.1) is 0 Å². The summed E-state index contributed by atoms with van der Waals surface area (Å²) in [4.78, 5) is 9.59. The molecule has 0 spiro atoms. The van der Waals surface area contributed by atoms with Crippen molar-refractivity contribution in [2.75, 3.05) is 0 Å². The fraction of sp³-hybridized carbons (Fsp3) is 0.375. The smallest absolute Gasteiger partial charge is 0.282 e. The molecule has 0 aliphatic heterocycles. The highest BCUT2D eigenvalue weighted by Gasteiger charge is 2.23. The largest absolute Gasteiger partial charge is 0.297 e. The van der Waals surface area contributed by atoms with Crippen LogP contribution in [-0.4, -0.2) is 22.9 Å². The second-order valence-corrected chi connectivity index (χ2v) is 11.3. The minimum Gasteiger partial charge on any atom is -0.282 e. The predicted octanol–water partition coefficient (Wildman–Crippen LogP) is 8.67. The number of hydrogen-bond acceptors (Lipinski definition) is 4. The summed E-state index contributed by atoms with van der Waals surface area (Å²) >= 11 is 0. The van der Waals surface area contributed by atoms with E-state index in [4.69, 9.17) is 9.97 Å². The normalized spacial score (nSPS) is 11.7. The van der Waals surface area contributed by atoms with Crippen LogP contribution in [0.4, 0.5) is 0 Å². The molecule has 0 atom stereocenters. The maximum absolute atomic E-state index is 12.6. The van der Waals surface area contributed by atoms with Crippen LogP contribution in [-0.2, 0) is 16.5 Å². The lowest BCUT2D eigenvalue weighted by Crippen LogP contribution is -2.07. The zero-order chi connectivity index (χ0) is 26.8. The van der Waals surface area contributed by atoms with Crippen LogP contribution >= 0.6 is 0 Å². The first-order chi connectivity index (χ1) is 18.5. The molecule has 0 saturated heterocycles. The quantitative estimate of drug-likeness (QED) is 0.130. The minimum absolute atomic E-state index is 0.116. The highest BCUT2D eigenvalue weighted by atomic mass is 32.2. The van der Waals surface area contributed by atoms with Crippen molar-refractivity contribution in [3.05, 3.63) is 78.4 Å². The first-order valence-corrected chi connectivity index (χ1v) is 15.3. The Labute approximate surface area is 227 Å². The summed E-state index contributed by atoms with van der Waals surface area (Å²) in [6, 6.07) is 23.0. The summed E-state index contributed by atoms with van der Waals surface area (Å²) in [5.41, 5.74) is 4.25. The van der Waals surface area contributed by atoms with Crippen molar-refractivity contribution in [2.24, 2.45) is 0 Å². The lowest BCUT2D eigenvalue weighted by Gasteiger charge is -2.14. The van der Waals surface area contributed by atoms with E-state index in [2.05, 4.69) is 6.92 Å². The van der Waals surface area contributed by atoms with Crippen molar-refractivity contribution in [1.82, 2.24) is 9.97 Å². The van der Waals surface area contributed by atoms with Crippen molar-refractivity contribution in [3.8, 4) is 22.5 Å². The van der Waals surface area contributed by atoms with Gasteiger partial charge in [-0.2, -0.15) is 8.42 Å². The second kappa shape index (κ2) is 13.6. The molecule has 3 aromatic carbocycles. The first kappa shape index (κ1) is 27.9. The Kier molecular flexibility index (Phi) is 10.0. The van der Waals surface area contributed by atoms with Gasteiger partial charge in [-0.05, 0) is 24.5 Å². The van der Waals surface area contributed by atoms with Crippen molar-refractivity contribution >= 4 is 21.2 Å². The third-order valence-electron chi connectivity index (χ3n) is 7.02. The molecular formula is C32H38N2O3S. The Morgan fingerprint density at radius 1 is 0.632 bits per heavy atom. The van der Waals surface area contributed by atoms with Crippen LogP contribution in [0.25, 0.3) is 33.5 Å². The Balaban J connectivity index is 1.60. The number of nitrogens with zero attached hydrogens (tertiary/aromatic N) is 2. The van der Waals surface area contributed by atoms with Crippen LogP contribution in [0.3, 0.4) is 0 Å². The summed E-state index contributed by atoms with van der Waals surface area (Å²) in [5, 5.41) is 0. The molecule has 0 saturated carbocycles. The average molecular weight is 531 g/mol. The SMILES string of the molecule is CCCCCCCCCCCCc1ccc2nc(-c3ccccc3)c(-c3ccccc3)nc2c1S(=O)(=O)O. The van der Waals surface area contributed by atoms with Gasteiger partial charge in [0, 0.05) is 11.1 Å². The van der Waals surface area contributed by atoms with Gasteiger partial charge in [0.2, 0.25) is 0 Å². The molecule has 4 rings (SSSR count). The van der Waals surface area contributed by atoms with Crippen molar-refractivity contribution in [3.63, 3.8) is 0 Å². The van der Waals surface area contributed by atoms with E-state index in [1.165, 1.54) is 44.9 Å². The van der Waals surface area contributed by atoms with Gasteiger partial charge in [0.05, 0.1) is 16.9 Å². The first-order valence-electron chi connectivity index (χ1n) is 13.9. The minimum atomic E-state index is -4.50. The average Bonchev–Trinajstić information content (AvgIpc) is 2.93. The molecule has 6 heteroatoms. The van der Waals surface area contributed by atoms with Gasteiger partial charge in [-0.25, -0.2) is 9.97 Å². The summed E-state index contributed by atoms with van der Waals surface area (Å²) < 4.78 is 35.6. The molecule has 0 aliphatic rings. The summed E-state index contributed by atoms with van der Waals surface area (Å²) in [5.74, 6) is 0. The van der Waals surface area contributed by atoms with Crippen LogP contribution in [0.5, 0.6) is 0 Å². The van der Waals surface area contributed by atoms with Crippen LogP contribution in [0.15, 0.2) is 77.7 Å². The molecule has 0 fully saturated rings. The maximum atomic E-state index is 12.6. The summed E-state index contributed by atoms with van der Waals surface area (Å²) in [6.45, 7) is 2.24. The van der Waals surface area contributed by atoms with E-state index in [-0.39, 0.29) is 10.4 Å². The lowest BCUT2D eigenvalue weighted by molar-refractivity contribution is 0.482. The summed E-state index contributed by atoms with van der Waals surface area (Å²) in [7, 11) is -4.50. The molecule has 0 bridgehead atoms. The van der Waals surface area contributed by atoms with Crippen molar-refractivity contribution in [1.29, 1.82) is 0 Å². The number of aromatic nitrogens is 2.